The third kappa shape index (κ3) is 6.90. The molecule has 0 fully saturated rings. The number of nitrogens with one attached hydrogen (secondary N) is 3. The van der Waals surface area contributed by atoms with Gasteiger partial charge in [0, 0.05) is 32.5 Å². The number of guanidine groups is 1. The molecule has 0 aliphatic rings. The van der Waals surface area contributed by atoms with Crippen LogP contribution in [0.4, 0.5) is 0 Å². The Morgan fingerprint density at radius 3 is 2.52 bits per heavy atom. The van der Waals surface area contributed by atoms with Crippen molar-refractivity contribution in [2.75, 3.05) is 33.3 Å². The summed E-state index contributed by atoms with van der Waals surface area (Å²) in [6, 6.07) is 13.1. The fraction of sp³-hybridized carbons (Fsp3) is 0.278. The van der Waals surface area contributed by atoms with Crippen LogP contribution >= 0.6 is 0 Å². The number of hydrogen-bond donors (Lipinski definition) is 3. The van der Waals surface area contributed by atoms with Gasteiger partial charge in [0.05, 0.1) is 12.1 Å². The lowest BCUT2D eigenvalue weighted by molar-refractivity contribution is 0.0954. The first-order chi connectivity index (χ1) is 12.3. The molecule has 7 nitrogen and oxygen atoms in total. The van der Waals surface area contributed by atoms with Gasteiger partial charge in [-0.2, -0.15) is 0 Å². The highest BCUT2D eigenvalue weighted by atomic mass is 16.5. The van der Waals surface area contributed by atoms with Crippen LogP contribution in [0, 0.1) is 0 Å². The number of para-hydroxylation sites is 1. The molecule has 132 valence electrons. The van der Waals surface area contributed by atoms with Crippen molar-refractivity contribution in [3.05, 3.63) is 60.4 Å². The Labute approximate surface area is 147 Å². The molecule has 7 heteroatoms. The molecule has 1 amide bonds. The van der Waals surface area contributed by atoms with E-state index in [0.717, 1.165) is 5.75 Å². The lowest BCUT2D eigenvalue weighted by Crippen LogP contribution is -2.42. The Bertz CT molecular complexity index is 662. The van der Waals surface area contributed by atoms with Gasteiger partial charge in [0.2, 0.25) is 0 Å². The van der Waals surface area contributed by atoms with Crippen molar-refractivity contribution >= 4 is 11.9 Å². The Balaban J connectivity index is 1.58. The molecular formula is C18H23N5O2. The van der Waals surface area contributed by atoms with Crippen molar-refractivity contribution in [2.45, 2.75) is 0 Å². The second-order valence-corrected chi connectivity index (χ2v) is 5.08. The van der Waals surface area contributed by atoms with Gasteiger partial charge in [-0.3, -0.25) is 14.8 Å². The first-order valence-electron chi connectivity index (χ1n) is 8.10. The number of carbonyl (C=O) groups is 1. The van der Waals surface area contributed by atoms with E-state index in [1.54, 1.807) is 25.4 Å². The van der Waals surface area contributed by atoms with Crippen molar-refractivity contribution < 1.29 is 9.53 Å². The summed E-state index contributed by atoms with van der Waals surface area (Å²) in [5, 5.41) is 9.10. The standard InChI is InChI=1S/C18H23N5O2/c1-19-18(23-12-13-25-16-7-3-2-4-8-16)22-11-10-21-17(24)15-6-5-9-20-14-15/h2-9,14H,10-13H2,1H3,(H,21,24)(H2,19,22,23). The molecular weight excluding hydrogens is 318 g/mol. The summed E-state index contributed by atoms with van der Waals surface area (Å²) in [4.78, 5) is 19.9. The summed E-state index contributed by atoms with van der Waals surface area (Å²) in [6.07, 6.45) is 3.17. The minimum Gasteiger partial charge on any atom is -0.492 e. The summed E-state index contributed by atoms with van der Waals surface area (Å²) in [7, 11) is 1.70. The van der Waals surface area contributed by atoms with E-state index in [0.29, 0.717) is 37.8 Å². The molecule has 3 N–H and O–H groups in total. The molecule has 0 spiro atoms. The number of aliphatic imine (C=N–C) groups is 1. The van der Waals surface area contributed by atoms with E-state index in [1.165, 1.54) is 6.20 Å². The molecule has 0 unspecified atom stereocenters. The molecule has 2 aromatic rings. The number of carbonyl (C=O) groups excluding carboxylic acids is 1. The number of ether oxygens (including phenoxy) is 1. The maximum Gasteiger partial charge on any atom is 0.252 e. The monoisotopic (exact) mass is 341 g/mol. The predicted octanol–water partition coefficient (Wildman–Crippen LogP) is 1.06. The first-order valence-corrected chi connectivity index (χ1v) is 8.10. The lowest BCUT2D eigenvalue weighted by Gasteiger charge is -2.13. The van der Waals surface area contributed by atoms with E-state index < -0.39 is 0 Å². The van der Waals surface area contributed by atoms with Crippen molar-refractivity contribution in [3.8, 4) is 5.75 Å². The van der Waals surface area contributed by atoms with E-state index in [9.17, 15) is 4.79 Å². The number of hydrogen-bond acceptors (Lipinski definition) is 4. The summed E-state index contributed by atoms with van der Waals surface area (Å²) in [5.41, 5.74) is 0.545. The van der Waals surface area contributed by atoms with Crippen LogP contribution in [0.25, 0.3) is 0 Å². The highest BCUT2D eigenvalue weighted by Gasteiger charge is 2.04. The summed E-state index contributed by atoms with van der Waals surface area (Å²) < 4.78 is 5.60. The van der Waals surface area contributed by atoms with Gasteiger partial charge >= 0.3 is 0 Å². The molecule has 0 aliphatic carbocycles. The number of benzene rings is 1. The molecule has 1 aromatic carbocycles. The van der Waals surface area contributed by atoms with Gasteiger partial charge < -0.3 is 20.7 Å². The van der Waals surface area contributed by atoms with Crippen molar-refractivity contribution in [2.24, 2.45) is 4.99 Å². The highest BCUT2D eigenvalue weighted by Crippen LogP contribution is 2.07. The Morgan fingerprint density at radius 1 is 1.04 bits per heavy atom. The quantitative estimate of drug-likeness (QED) is 0.380. The minimum atomic E-state index is -0.144. The Kier molecular flexibility index (Phi) is 7.77. The van der Waals surface area contributed by atoms with Gasteiger partial charge in [0.25, 0.3) is 5.91 Å². The van der Waals surface area contributed by atoms with E-state index in [4.69, 9.17) is 4.74 Å². The number of pyridine rings is 1. The average Bonchev–Trinajstić information content (AvgIpc) is 2.68. The molecule has 1 aromatic heterocycles. The van der Waals surface area contributed by atoms with E-state index in [-0.39, 0.29) is 5.91 Å². The number of aromatic nitrogens is 1. The van der Waals surface area contributed by atoms with Crippen molar-refractivity contribution in [1.29, 1.82) is 0 Å². The van der Waals surface area contributed by atoms with Gasteiger partial charge in [-0.25, -0.2) is 0 Å². The second kappa shape index (κ2) is 10.6. The maximum atomic E-state index is 11.9. The van der Waals surface area contributed by atoms with Gasteiger partial charge in [0.1, 0.15) is 12.4 Å². The fourth-order valence-corrected chi connectivity index (χ4v) is 2.03. The van der Waals surface area contributed by atoms with E-state index >= 15 is 0 Å². The van der Waals surface area contributed by atoms with Crippen LogP contribution in [0.3, 0.4) is 0 Å². The largest absolute Gasteiger partial charge is 0.492 e. The predicted molar refractivity (Wildman–Crippen MR) is 97.9 cm³/mol. The minimum absolute atomic E-state index is 0.144. The number of rotatable bonds is 8. The van der Waals surface area contributed by atoms with Gasteiger partial charge in [-0.15, -0.1) is 0 Å². The molecule has 0 saturated heterocycles. The number of nitrogens with zero attached hydrogens (tertiary/aromatic N) is 2. The van der Waals surface area contributed by atoms with Crippen LogP contribution in [0.5, 0.6) is 5.75 Å². The SMILES string of the molecule is CN=C(NCCNC(=O)c1cccnc1)NCCOc1ccccc1. The highest BCUT2D eigenvalue weighted by molar-refractivity contribution is 5.93. The third-order valence-electron chi connectivity index (χ3n) is 3.26. The molecule has 25 heavy (non-hydrogen) atoms. The zero-order valence-electron chi connectivity index (χ0n) is 14.2. The topological polar surface area (TPSA) is 87.6 Å². The lowest BCUT2D eigenvalue weighted by atomic mass is 10.3. The molecule has 2 rings (SSSR count). The molecule has 0 aliphatic heterocycles. The van der Waals surface area contributed by atoms with Crippen LogP contribution in [0.15, 0.2) is 59.9 Å². The average molecular weight is 341 g/mol. The van der Waals surface area contributed by atoms with E-state index in [1.807, 2.05) is 30.3 Å². The van der Waals surface area contributed by atoms with Crippen LogP contribution in [0.2, 0.25) is 0 Å². The summed E-state index contributed by atoms with van der Waals surface area (Å²) in [5.74, 6) is 1.35. The van der Waals surface area contributed by atoms with Crippen LogP contribution < -0.4 is 20.7 Å². The fourth-order valence-electron chi connectivity index (χ4n) is 2.03. The van der Waals surface area contributed by atoms with Gasteiger partial charge in [-0.05, 0) is 24.3 Å². The second-order valence-electron chi connectivity index (χ2n) is 5.08. The van der Waals surface area contributed by atoms with Crippen LogP contribution in [-0.2, 0) is 0 Å². The van der Waals surface area contributed by atoms with Crippen LogP contribution in [0.1, 0.15) is 10.4 Å². The first kappa shape index (κ1) is 18.3. The maximum absolute atomic E-state index is 11.9. The number of amides is 1. The van der Waals surface area contributed by atoms with Crippen molar-refractivity contribution in [1.82, 2.24) is 20.9 Å². The van der Waals surface area contributed by atoms with Crippen molar-refractivity contribution in [3.63, 3.8) is 0 Å². The normalized spacial score (nSPS) is 10.8. The van der Waals surface area contributed by atoms with E-state index in [2.05, 4.69) is 25.9 Å². The Morgan fingerprint density at radius 2 is 1.80 bits per heavy atom. The molecule has 0 atom stereocenters. The van der Waals surface area contributed by atoms with Gasteiger partial charge in [0.15, 0.2) is 5.96 Å². The zero-order chi connectivity index (χ0) is 17.7. The third-order valence-corrected chi connectivity index (χ3v) is 3.26. The molecule has 0 bridgehead atoms. The summed E-state index contributed by atoms with van der Waals surface area (Å²) >= 11 is 0. The smallest absolute Gasteiger partial charge is 0.252 e. The molecule has 0 saturated carbocycles. The Hall–Kier alpha value is -3.09. The zero-order valence-corrected chi connectivity index (χ0v) is 14.2. The summed E-state index contributed by atoms with van der Waals surface area (Å²) in [6.45, 7) is 2.19. The molecule has 1 heterocycles. The van der Waals surface area contributed by atoms with Crippen LogP contribution in [-0.4, -0.2) is 50.1 Å². The molecule has 0 radical (unpaired) electrons. The van der Waals surface area contributed by atoms with Gasteiger partial charge in [-0.1, -0.05) is 18.2 Å².